The molecule has 1 fully saturated rings. The predicted octanol–water partition coefficient (Wildman–Crippen LogP) is 2.54. The highest BCUT2D eigenvalue weighted by molar-refractivity contribution is 5.17. The van der Waals surface area contributed by atoms with Gasteiger partial charge in [-0.05, 0) is 37.1 Å². The summed E-state index contributed by atoms with van der Waals surface area (Å²) in [5, 5.41) is 3.49. The Labute approximate surface area is 107 Å². The van der Waals surface area contributed by atoms with Crippen molar-refractivity contribution in [2.75, 3.05) is 19.6 Å². The molecule has 1 aromatic rings. The number of likely N-dealkylation sites (tertiary alicyclic amines) is 1. The molecule has 18 heavy (non-hydrogen) atoms. The fourth-order valence-corrected chi connectivity index (χ4v) is 2.39. The minimum absolute atomic E-state index is 0.537. The lowest BCUT2D eigenvalue weighted by Crippen LogP contribution is -2.32. The van der Waals surface area contributed by atoms with E-state index in [2.05, 4.69) is 17.1 Å². The average Bonchev–Trinajstić information content (AvgIpc) is 2.79. The molecule has 1 saturated heterocycles. The van der Waals surface area contributed by atoms with Gasteiger partial charge in [-0.15, -0.1) is 0 Å². The SMILES string of the molecule is CCCNC1CCN(Cc2ccc(F)c(F)c2)C1. The highest BCUT2D eigenvalue weighted by Gasteiger charge is 2.21. The Morgan fingerprint density at radius 3 is 2.89 bits per heavy atom. The zero-order valence-electron chi connectivity index (χ0n) is 10.8. The number of benzene rings is 1. The Bertz CT molecular complexity index is 395. The van der Waals surface area contributed by atoms with Gasteiger partial charge in [0.15, 0.2) is 11.6 Å². The summed E-state index contributed by atoms with van der Waals surface area (Å²) in [6.07, 6.45) is 2.27. The maximum absolute atomic E-state index is 13.1. The molecular formula is C14H20F2N2. The van der Waals surface area contributed by atoms with Crippen LogP contribution in [0.3, 0.4) is 0 Å². The molecular weight excluding hydrogens is 234 g/mol. The zero-order chi connectivity index (χ0) is 13.0. The van der Waals surface area contributed by atoms with Gasteiger partial charge in [-0.25, -0.2) is 8.78 Å². The smallest absolute Gasteiger partial charge is 0.159 e. The Hall–Kier alpha value is -1.00. The molecule has 1 aliphatic rings. The Morgan fingerprint density at radius 2 is 2.17 bits per heavy atom. The van der Waals surface area contributed by atoms with E-state index in [0.717, 1.165) is 38.0 Å². The van der Waals surface area contributed by atoms with Crippen molar-refractivity contribution in [2.45, 2.75) is 32.4 Å². The van der Waals surface area contributed by atoms with Gasteiger partial charge in [0, 0.05) is 25.7 Å². The largest absolute Gasteiger partial charge is 0.313 e. The van der Waals surface area contributed by atoms with E-state index in [1.807, 2.05) is 0 Å². The average molecular weight is 254 g/mol. The van der Waals surface area contributed by atoms with Gasteiger partial charge in [0.2, 0.25) is 0 Å². The van der Waals surface area contributed by atoms with Crippen LogP contribution in [0.5, 0.6) is 0 Å². The molecule has 0 amide bonds. The van der Waals surface area contributed by atoms with Crippen molar-refractivity contribution in [2.24, 2.45) is 0 Å². The summed E-state index contributed by atoms with van der Waals surface area (Å²) in [5.74, 6) is -1.53. The highest BCUT2D eigenvalue weighted by atomic mass is 19.2. The molecule has 1 heterocycles. The Kier molecular flexibility index (Phi) is 4.66. The zero-order valence-corrected chi connectivity index (χ0v) is 10.8. The second kappa shape index (κ2) is 6.25. The lowest BCUT2D eigenvalue weighted by molar-refractivity contribution is 0.319. The number of halogens is 2. The lowest BCUT2D eigenvalue weighted by atomic mass is 10.2. The molecule has 1 aliphatic heterocycles. The van der Waals surface area contributed by atoms with E-state index in [-0.39, 0.29) is 0 Å². The summed E-state index contributed by atoms with van der Waals surface area (Å²) < 4.78 is 25.9. The number of hydrogen-bond acceptors (Lipinski definition) is 2. The highest BCUT2D eigenvalue weighted by Crippen LogP contribution is 2.15. The first-order valence-corrected chi connectivity index (χ1v) is 6.58. The van der Waals surface area contributed by atoms with Crippen LogP contribution in [0.4, 0.5) is 8.78 Å². The van der Waals surface area contributed by atoms with Crippen LogP contribution in [0.25, 0.3) is 0 Å². The summed E-state index contributed by atoms with van der Waals surface area (Å²) in [6.45, 7) is 5.89. The maximum atomic E-state index is 13.1. The Morgan fingerprint density at radius 1 is 1.33 bits per heavy atom. The summed E-state index contributed by atoms with van der Waals surface area (Å²) in [5.41, 5.74) is 0.838. The fourth-order valence-electron chi connectivity index (χ4n) is 2.39. The van der Waals surface area contributed by atoms with Crippen molar-refractivity contribution in [1.29, 1.82) is 0 Å². The van der Waals surface area contributed by atoms with Crippen molar-refractivity contribution in [3.63, 3.8) is 0 Å². The van der Waals surface area contributed by atoms with Crippen molar-refractivity contribution >= 4 is 0 Å². The van der Waals surface area contributed by atoms with Gasteiger partial charge in [-0.1, -0.05) is 13.0 Å². The number of hydrogen-bond donors (Lipinski definition) is 1. The van der Waals surface area contributed by atoms with Gasteiger partial charge in [-0.3, -0.25) is 4.90 Å². The van der Waals surface area contributed by atoms with E-state index in [9.17, 15) is 8.78 Å². The lowest BCUT2D eigenvalue weighted by Gasteiger charge is -2.16. The van der Waals surface area contributed by atoms with Gasteiger partial charge in [0.1, 0.15) is 0 Å². The number of nitrogens with zero attached hydrogens (tertiary/aromatic N) is 1. The summed E-state index contributed by atoms with van der Waals surface area (Å²) in [6, 6.07) is 4.69. The van der Waals surface area contributed by atoms with Crippen molar-refractivity contribution in [1.82, 2.24) is 10.2 Å². The number of nitrogens with one attached hydrogen (secondary N) is 1. The van der Waals surface area contributed by atoms with Crippen LogP contribution in [0.15, 0.2) is 18.2 Å². The molecule has 2 nitrogen and oxygen atoms in total. The molecule has 0 saturated carbocycles. The molecule has 0 aliphatic carbocycles. The summed E-state index contributed by atoms with van der Waals surface area (Å²) >= 11 is 0. The van der Waals surface area contributed by atoms with E-state index in [4.69, 9.17) is 0 Å². The third kappa shape index (κ3) is 3.50. The molecule has 100 valence electrons. The normalized spacial score (nSPS) is 20.5. The second-order valence-corrected chi connectivity index (χ2v) is 4.92. The van der Waals surface area contributed by atoms with Crippen LogP contribution in [0.1, 0.15) is 25.3 Å². The molecule has 1 unspecified atom stereocenters. The van der Waals surface area contributed by atoms with E-state index >= 15 is 0 Å². The van der Waals surface area contributed by atoms with Gasteiger partial charge in [-0.2, -0.15) is 0 Å². The standard InChI is InChI=1S/C14H20F2N2/c1-2-6-17-12-5-7-18(10-12)9-11-3-4-13(15)14(16)8-11/h3-4,8,12,17H,2,5-7,9-10H2,1H3. The van der Waals surface area contributed by atoms with E-state index < -0.39 is 11.6 Å². The van der Waals surface area contributed by atoms with Crippen LogP contribution in [0.2, 0.25) is 0 Å². The third-order valence-corrected chi connectivity index (χ3v) is 3.35. The summed E-state index contributed by atoms with van der Waals surface area (Å²) in [4.78, 5) is 2.28. The van der Waals surface area contributed by atoms with Crippen LogP contribution < -0.4 is 5.32 Å². The van der Waals surface area contributed by atoms with Crippen molar-refractivity contribution in [3.05, 3.63) is 35.4 Å². The molecule has 4 heteroatoms. The van der Waals surface area contributed by atoms with Gasteiger partial charge in [0.05, 0.1) is 0 Å². The first kappa shape index (κ1) is 13.4. The molecule has 1 aromatic carbocycles. The molecule has 1 atom stereocenters. The van der Waals surface area contributed by atoms with Crippen LogP contribution in [-0.4, -0.2) is 30.6 Å². The predicted molar refractivity (Wildman–Crippen MR) is 68.3 cm³/mol. The molecule has 1 N–H and O–H groups in total. The monoisotopic (exact) mass is 254 g/mol. The quantitative estimate of drug-likeness (QED) is 0.868. The van der Waals surface area contributed by atoms with Crippen molar-refractivity contribution in [3.8, 4) is 0 Å². The summed E-state index contributed by atoms with van der Waals surface area (Å²) in [7, 11) is 0. The van der Waals surface area contributed by atoms with Gasteiger partial charge >= 0.3 is 0 Å². The molecule has 0 radical (unpaired) electrons. The first-order chi connectivity index (χ1) is 8.69. The van der Waals surface area contributed by atoms with Gasteiger partial charge < -0.3 is 5.32 Å². The van der Waals surface area contributed by atoms with Crippen LogP contribution in [-0.2, 0) is 6.54 Å². The van der Waals surface area contributed by atoms with E-state index in [1.54, 1.807) is 6.07 Å². The molecule has 0 bridgehead atoms. The fraction of sp³-hybridized carbons (Fsp3) is 0.571. The van der Waals surface area contributed by atoms with Crippen LogP contribution >= 0.6 is 0 Å². The third-order valence-electron chi connectivity index (χ3n) is 3.35. The second-order valence-electron chi connectivity index (χ2n) is 4.92. The maximum Gasteiger partial charge on any atom is 0.159 e. The topological polar surface area (TPSA) is 15.3 Å². The van der Waals surface area contributed by atoms with Crippen LogP contribution in [0, 0.1) is 11.6 Å². The first-order valence-electron chi connectivity index (χ1n) is 6.58. The van der Waals surface area contributed by atoms with E-state index in [0.29, 0.717) is 12.6 Å². The van der Waals surface area contributed by atoms with Gasteiger partial charge in [0.25, 0.3) is 0 Å². The Balaban J connectivity index is 1.85. The minimum atomic E-state index is -0.775. The molecule has 0 aromatic heterocycles. The minimum Gasteiger partial charge on any atom is -0.313 e. The number of rotatable bonds is 5. The molecule has 0 spiro atoms. The molecule has 2 rings (SSSR count). The van der Waals surface area contributed by atoms with Crippen molar-refractivity contribution < 1.29 is 8.78 Å². The van der Waals surface area contributed by atoms with E-state index in [1.165, 1.54) is 12.1 Å².